The van der Waals surface area contributed by atoms with Crippen LogP contribution in [-0.2, 0) is 238 Å². The monoisotopic (exact) mass is 1130 g/mol. The number of rotatable bonds is 2. The van der Waals surface area contributed by atoms with E-state index in [2.05, 4.69) is 67.2 Å². The fourth-order valence-corrected chi connectivity index (χ4v) is 0.250. The van der Waals surface area contributed by atoms with E-state index in [1.807, 2.05) is 5.92 Å². The van der Waals surface area contributed by atoms with Crippen molar-refractivity contribution in [1.29, 1.82) is 0 Å². The molecule has 0 saturated carbocycles. The minimum Gasteiger partial charge on any atom is 0 e. The zero-order valence-corrected chi connectivity index (χ0v) is 37.5. The maximum atomic E-state index is 8.01. The van der Waals surface area contributed by atoms with Gasteiger partial charge in [0.05, 0.1) is 0 Å². The first-order chi connectivity index (χ1) is 6.10. The Morgan fingerprint density at radius 1 is 0.958 bits per heavy atom. The standard InChI is InChI=1S/C5H11.C4H5O.4CH4.2HI.V.7Y/c1-3-5-4-2;1-3-4(2)5;;;;;;;;;;;;;;/h1,3-5H2,2H3;1,4-5H,2H2;4*1H4;2*1H;;;;;;;;/q2*-1;;;;;;;+2;;;;;;;/p-2. The quantitative estimate of drug-likeness (QED) is 0.201. The number of aliphatic hydroxyl groups is 1. The molecule has 0 spiro atoms. The molecule has 0 aliphatic rings. The van der Waals surface area contributed by atoms with E-state index in [1.54, 1.807) is 0 Å². The van der Waals surface area contributed by atoms with Crippen LogP contribution in [0, 0.1) is 26.2 Å². The summed E-state index contributed by atoms with van der Waals surface area (Å²) in [5.74, 6) is 1.97. The van der Waals surface area contributed by atoms with Crippen molar-refractivity contribution < 1.29 is 244 Å². The molecule has 1 atom stereocenters. The molecule has 0 aliphatic carbocycles. The molecule has 7 radical (unpaired) electrons. The van der Waals surface area contributed by atoms with Crippen LogP contribution in [0.25, 0.3) is 0 Å². The molecule has 0 bridgehead atoms. The van der Waals surface area contributed by atoms with E-state index in [0.29, 0.717) is 9.47 Å². The van der Waals surface area contributed by atoms with E-state index >= 15 is 0 Å². The van der Waals surface area contributed by atoms with Crippen molar-refractivity contribution in [2.45, 2.75) is 62.0 Å². The van der Waals surface area contributed by atoms with Crippen LogP contribution < -0.4 is 0 Å². The molecule has 0 rings (SSSR count). The average molecular weight is 1130 g/mol. The van der Waals surface area contributed by atoms with Crippen molar-refractivity contribution in [2.75, 3.05) is 0 Å². The molecule has 0 fully saturated rings. The Labute approximate surface area is 361 Å². The van der Waals surface area contributed by atoms with Crippen LogP contribution in [0.3, 0.4) is 0 Å². The van der Waals surface area contributed by atoms with Gasteiger partial charge in [-0.25, -0.2) is 0 Å². The van der Waals surface area contributed by atoms with Gasteiger partial charge in [0.15, 0.2) is 0 Å². The Hall–Kier alpha value is 9.29. The molecule has 0 heterocycles. The number of hydrogen-bond donors (Lipinski definition) is 1. The largest absolute Gasteiger partial charge is 0 e. The molecular formula is C13H32I2OVY7-2. The molecular weight excluding hydrogens is 1100 g/mol. The summed E-state index contributed by atoms with van der Waals surface area (Å²) in [7, 11) is 0.628. The van der Waals surface area contributed by atoms with Crippen molar-refractivity contribution in [2.24, 2.45) is 0 Å². The predicted octanol–water partition coefficient (Wildman–Crippen LogP) is 6.12. The average Bonchev–Trinajstić information content (AvgIpc) is 2.08. The number of halogens is 2. The van der Waals surface area contributed by atoms with Gasteiger partial charge in [-0.3, -0.25) is 0 Å². The molecule has 11 heteroatoms. The minimum atomic E-state index is -0.838. The second kappa shape index (κ2) is 106. The van der Waals surface area contributed by atoms with Gasteiger partial charge in [-0.2, -0.15) is 6.42 Å². The number of terminal acetylenes is 1. The number of aliphatic hydroxyl groups excluding tert-OH is 1. The second-order valence-corrected chi connectivity index (χ2v) is 13.7. The first-order valence-corrected chi connectivity index (χ1v) is 12.8. The van der Waals surface area contributed by atoms with Gasteiger partial charge in [-0.05, 0) is 6.10 Å². The first kappa shape index (κ1) is 93.3. The topological polar surface area (TPSA) is 20.2 Å². The van der Waals surface area contributed by atoms with Crippen molar-refractivity contribution >= 4 is 40.0 Å². The molecule has 0 amide bonds. The van der Waals surface area contributed by atoms with Crippen molar-refractivity contribution in [3.63, 3.8) is 0 Å². The summed E-state index contributed by atoms with van der Waals surface area (Å²) in [4.78, 5) is 0. The summed E-state index contributed by atoms with van der Waals surface area (Å²) in [6.45, 7) is 8.92. The molecule has 24 heavy (non-hydrogen) atoms. The third-order valence-electron chi connectivity index (χ3n) is 0.796. The van der Waals surface area contributed by atoms with Crippen molar-refractivity contribution in [3.8, 4) is 12.3 Å². The van der Waals surface area contributed by atoms with Crippen LogP contribution in [0.15, 0.2) is 0 Å². The van der Waals surface area contributed by atoms with Gasteiger partial charge >= 0.3 is 49.4 Å². The molecule has 0 aromatic heterocycles. The molecule has 0 aliphatic heterocycles. The van der Waals surface area contributed by atoms with Crippen LogP contribution in [0.5, 0.6) is 0 Å². The Bertz CT molecular complexity index is 123. The Morgan fingerprint density at radius 3 is 1.12 bits per heavy atom. The van der Waals surface area contributed by atoms with Gasteiger partial charge in [0, 0.05) is 229 Å². The Morgan fingerprint density at radius 2 is 1.12 bits per heavy atom. The first-order valence-electron chi connectivity index (χ1n) is 3.79. The normalized spacial score (nSPS) is 5.04. The third kappa shape index (κ3) is 163. The van der Waals surface area contributed by atoms with E-state index in [0.717, 1.165) is 6.42 Å². The molecule has 0 saturated heterocycles. The fourth-order valence-electron chi connectivity index (χ4n) is 0.250. The van der Waals surface area contributed by atoms with E-state index < -0.39 is 6.10 Å². The minimum absolute atomic E-state index is 0. The maximum Gasteiger partial charge on any atom is 0 e. The maximum absolute atomic E-state index is 8.01. The van der Waals surface area contributed by atoms with Gasteiger partial charge in [0.25, 0.3) is 0 Å². The Kier molecular flexibility index (Phi) is 411. The van der Waals surface area contributed by atoms with Crippen molar-refractivity contribution in [1.82, 2.24) is 0 Å². The predicted molar refractivity (Wildman–Crippen MR) is 100 cm³/mol. The molecule has 0 aromatic carbocycles. The van der Waals surface area contributed by atoms with Crippen LogP contribution in [-0.4, -0.2) is 11.2 Å². The summed E-state index contributed by atoms with van der Waals surface area (Å²) in [6.07, 6.45) is 7.42. The van der Waals surface area contributed by atoms with Crippen LogP contribution in [0.1, 0.15) is 55.9 Å². The third-order valence-corrected chi connectivity index (χ3v) is 0.796. The summed E-state index contributed by atoms with van der Waals surface area (Å²) >= 11 is 4.74. The van der Waals surface area contributed by atoms with Crippen molar-refractivity contribution in [3.05, 3.63) is 13.8 Å². The fraction of sp³-hybridized carbons (Fsp3) is 0.692. The van der Waals surface area contributed by atoms with Crippen LogP contribution >= 0.6 is 40.0 Å². The van der Waals surface area contributed by atoms with Gasteiger partial charge in [-0.15, -0.1) is 12.3 Å². The summed E-state index contributed by atoms with van der Waals surface area (Å²) in [5.41, 5.74) is 0. The zero-order valence-electron chi connectivity index (χ0n) is 11.9. The molecule has 1 nitrogen and oxygen atoms in total. The molecule has 0 aromatic rings. The van der Waals surface area contributed by atoms with Crippen LogP contribution in [0.4, 0.5) is 0 Å². The molecule has 132 valence electrons. The van der Waals surface area contributed by atoms with E-state index in [1.165, 1.54) is 12.8 Å². The van der Waals surface area contributed by atoms with E-state index in [9.17, 15) is 0 Å². The molecule has 1 N–H and O–H groups in total. The number of hydrogen-bond acceptors (Lipinski definition) is 1. The van der Waals surface area contributed by atoms with Gasteiger partial charge in [0.2, 0.25) is 0 Å². The number of unbranched alkanes of at least 4 members (excludes halogenated alkanes) is 2. The summed E-state index contributed by atoms with van der Waals surface area (Å²) in [5, 5.41) is 8.01. The molecule has 1 unspecified atom stereocenters. The smallest absolute Gasteiger partial charge is 0 e. The van der Waals surface area contributed by atoms with Gasteiger partial charge < -0.3 is 19.0 Å². The van der Waals surface area contributed by atoms with E-state index in [-0.39, 0.29) is 259 Å². The zero-order chi connectivity index (χ0) is 11.1. The van der Waals surface area contributed by atoms with Crippen LogP contribution in [0.2, 0.25) is 0 Å². The Balaban J connectivity index is -0.00000000430. The SMILES string of the molecule is C.C.C.C.C#CC([CH2-])O.[CH2-]CCCC.[I][V][I].[Y].[Y].[Y].[Y].[Y].[Y].[Y]. The van der Waals surface area contributed by atoms with Gasteiger partial charge in [-0.1, -0.05) is 49.5 Å². The van der Waals surface area contributed by atoms with Gasteiger partial charge in [0.1, 0.15) is 0 Å². The summed E-state index contributed by atoms with van der Waals surface area (Å²) in [6, 6.07) is 0. The van der Waals surface area contributed by atoms with E-state index in [4.69, 9.17) is 5.11 Å². The summed E-state index contributed by atoms with van der Waals surface area (Å²) < 4.78 is 0. The second-order valence-electron chi connectivity index (χ2n) is 1.95.